The van der Waals surface area contributed by atoms with Crippen LogP contribution in [0.15, 0.2) is 36.7 Å². The van der Waals surface area contributed by atoms with Gasteiger partial charge in [0.1, 0.15) is 5.69 Å². The van der Waals surface area contributed by atoms with Crippen molar-refractivity contribution in [3.63, 3.8) is 0 Å². The van der Waals surface area contributed by atoms with Crippen molar-refractivity contribution >= 4 is 11.6 Å². The molecule has 0 radical (unpaired) electrons. The fourth-order valence-corrected chi connectivity index (χ4v) is 3.76. The van der Waals surface area contributed by atoms with Crippen molar-refractivity contribution in [3.8, 4) is 5.69 Å². The van der Waals surface area contributed by atoms with Crippen molar-refractivity contribution in [1.82, 2.24) is 20.0 Å². The Morgan fingerprint density at radius 2 is 2.04 bits per heavy atom. The highest BCUT2D eigenvalue weighted by Crippen LogP contribution is 2.28. The van der Waals surface area contributed by atoms with E-state index in [-0.39, 0.29) is 17.6 Å². The van der Waals surface area contributed by atoms with E-state index < -0.39 is 4.92 Å². The van der Waals surface area contributed by atoms with Gasteiger partial charge >= 0.3 is 0 Å². The van der Waals surface area contributed by atoms with E-state index in [1.165, 1.54) is 16.9 Å². The summed E-state index contributed by atoms with van der Waals surface area (Å²) in [6.07, 6.45) is 5.24. The molecule has 2 bridgehead atoms. The number of para-hydroxylation sites is 2. The summed E-state index contributed by atoms with van der Waals surface area (Å²) in [5.41, 5.74) is 0.707. The Bertz CT molecular complexity index is 810. The SMILES string of the molecule is O=C(N[C@H]1CN2CCC1CC2)c1cnn(-c2ccccc2[N+](=O)[O-])c1. The Morgan fingerprint density at radius 3 is 2.72 bits per heavy atom. The molecule has 1 aromatic heterocycles. The van der Waals surface area contributed by atoms with Crippen molar-refractivity contribution in [2.75, 3.05) is 19.6 Å². The van der Waals surface area contributed by atoms with Crippen LogP contribution in [-0.4, -0.2) is 51.2 Å². The molecular weight excluding hydrogens is 322 g/mol. The molecule has 2 aromatic rings. The van der Waals surface area contributed by atoms with Crippen LogP contribution in [0.3, 0.4) is 0 Å². The molecule has 0 saturated carbocycles. The van der Waals surface area contributed by atoms with Gasteiger partial charge in [0, 0.05) is 24.8 Å². The first kappa shape index (κ1) is 15.8. The lowest BCUT2D eigenvalue weighted by Gasteiger charge is -2.44. The van der Waals surface area contributed by atoms with Crippen LogP contribution in [0.25, 0.3) is 5.69 Å². The van der Waals surface area contributed by atoms with Gasteiger partial charge in [0.15, 0.2) is 0 Å². The second-order valence-corrected chi connectivity index (χ2v) is 6.64. The van der Waals surface area contributed by atoms with Crippen LogP contribution in [0.1, 0.15) is 23.2 Å². The number of nitro benzene ring substituents is 1. The number of rotatable bonds is 4. The van der Waals surface area contributed by atoms with E-state index in [1.54, 1.807) is 24.4 Å². The summed E-state index contributed by atoms with van der Waals surface area (Å²) < 4.78 is 1.38. The highest BCUT2D eigenvalue weighted by atomic mass is 16.6. The molecule has 3 saturated heterocycles. The van der Waals surface area contributed by atoms with Gasteiger partial charge in [-0.3, -0.25) is 14.9 Å². The zero-order valence-corrected chi connectivity index (χ0v) is 13.7. The molecule has 1 aromatic carbocycles. The molecule has 3 aliphatic heterocycles. The zero-order valence-electron chi connectivity index (χ0n) is 13.7. The number of hydrogen-bond donors (Lipinski definition) is 1. The average Bonchev–Trinajstić information content (AvgIpc) is 3.13. The third-order valence-electron chi connectivity index (χ3n) is 5.14. The predicted octanol–water partition coefficient (Wildman–Crippen LogP) is 1.60. The van der Waals surface area contributed by atoms with Gasteiger partial charge in [0.2, 0.25) is 0 Å². The third kappa shape index (κ3) is 3.00. The lowest BCUT2D eigenvalue weighted by atomic mass is 9.84. The molecule has 0 unspecified atom stereocenters. The van der Waals surface area contributed by atoms with Crippen LogP contribution in [-0.2, 0) is 0 Å². The zero-order chi connectivity index (χ0) is 17.4. The predicted molar refractivity (Wildman–Crippen MR) is 90.6 cm³/mol. The minimum Gasteiger partial charge on any atom is -0.348 e. The minimum atomic E-state index is -0.454. The van der Waals surface area contributed by atoms with Crippen molar-refractivity contribution in [3.05, 3.63) is 52.3 Å². The maximum Gasteiger partial charge on any atom is 0.294 e. The third-order valence-corrected chi connectivity index (χ3v) is 5.14. The van der Waals surface area contributed by atoms with Gasteiger partial charge in [-0.1, -0.05) is 12.1 Å². The first-order valence-electron chi connectivity index (χ1n) is 8.43. The average molecular weight is 341 g/mol. The van der Waals surface area contributed by atoms with Crippen LogP contribution >= 0.6 is 0 Å². The Hall–Kier alpha value is -2.74. The Balaban J connectivity index is 1.51. The standard InChI is InChI=1S/C17H19N5O3/c23-17(19-14-11-20-7-5-12(14)6-8-20)13-9-18-21(10-13)15-3-1-2-4-16(15)22(24)25/h1-4,9-10,12,14H,5-8,11H2,(H,19,23)/t14-/m0/s1. The molecule has 1 N–H and O–H groups in total. The number of nitrogens with one attached hydrogen (secondary N) is 1. The summed E-state index contributed by atoms with van der Waals surface area (Å²) in [5.74, 6) is 0.364. The monoisotopic (exact) mass is 341 g/mol. The maximum absolute atomic E-state index is 12.5. The van der Waals surface area contributed by atoms with Crippen LogP contribution in [0.5, 0.6) is 0 Å². The number of aromatic nitrogens is 2. The van der Waals surface area contributed by atoms with Gasteiger partial charge < -0.3 is 10.2 Å². The van der Waals surface area contributed by atoms with E-state index in [0.29, 0.717) is 17.2 Å². The van der Waals surface area contributed by atoms with Gasteiger partial charge in [-0.05, 0) is 37.9 Å². The first-order chi connectivity index (χ1) is 12.1. The summed E-state index contributed by atoms with van der Waals surface area (Å²) in [4.78, 5) is 25.6. The normalized spacial score (nSPS) is 24.9. The number of nitro groups is 1. The van der Waals surface area contributed by atoms with Crippen molar-refractivity contribution in [2.24, 2.45) is 5.92 Å². The van der Waals surface area contributed by atoms with Crippen LogP contribution < -0.4 is 5.32 Å². The maximum atomic E-state index is 12.5. The summed E-state index contributed by atoms with van der Waals surface area (Å²) in [6.45, 7) is 3.13. The number of piperidine rings is 3. The summed E-state index contributed by atoms with van der Waals surface area (Å²) in [6, 6.07) is 6.51. The van der Waals surface area contributed by atoms with Crippen LogP contribution in [0, 0.1) is 16.0 Å². The number of carbonyl (C=O) groups is 1. The molecule has 0 spiro atoms. The molecular formula is C17H19N5O3. The molecule has 1 amide bonds. The summed E-state index contributed by atoms with van der Waals surface area (Å²) in [5, 5.41) is 18.4. The molecule has 0 aliphatic carbocycles. The highest BCUT2D eigenvalue weighted by Gasteiger charge is 2.35. The number of carbonyl (C=O) groups excluding carboxylic acids is 1. The van der Waals surface area contributed by atoms with E-state index in [2.05, 4.69) is 15.3 Å². The Labute approximate surface area is 144 Å². The molecule has 25 heavy (non-hydrogen) atoms. The topological polar surface area (TPSA) is 93.3 Å². The van der Waals surface area contributed by atoms with E-state index in [4.69, 9.17) is 0 Å². The molecule has 4 heterocycles. The fourth-order valence-electron chi connectivity index (χ4n) is 3.76. The quantitative estimate of drug-likeness (QED) is 0.673. The van der Waals surface area contributed by atoms with Crippen molar-refractivity contribution in [2.45, 2.75) is 18.9 Å². The van der Waals surface area contributed by atoms with Gasteiger partial charge in [0.05, 0.1) is 16.7 Å². The van der Waals surface area contributed by atoms with Gasteiger partial charge in [-0.15, -0.1) is 0 Å². The Kier molecular flexibility index (Phi) is 3.96. The van der Waals surface area contributed by atoms with E-state index >= 15 is 0 Å². The first-order valence-corrected chi connectivity index (χ1v) is 8.43. The smallest absolute Gasteiger partial charge is 0.294 e. The van der Waals surface area contributed by atoms with Crippen LogP contribution in [0.2, 0.25) is 0 Å². The van der Waals surface area contributed by atoms with Gasteiger partial charge in [-0.25, -0.2) is 4.68 Å². The fraction of sp³-hybridized carbons (Fsp3) is 0.412. The lowest BCUT2D eigenvalue weighted by Crippen LogP contribution is -2.57. The number of fused-ring (bicyclic) bond motifs is 3. The van der Waals surface area contributed by atoms with E-state index in [9.17, 15) is 14.9 Å². The van der Waals surface area contributed by atoms with Gasteiger partial charge in [-0.2, -0.15) is 5.10 Å². The molecule has 1 atom stereocenters. The highest BCUT2D eigenvalue weighted by molar-refractivity contribution is 5.94. The molecule has 3 fully saturated rings. The van der Waals surface area contributed by atoms with Crippen molar-refractivity contribution in [1.29, 1.82) is 0 Å². The molecule has 3 aliphatic rings. The van der Waals surface area contributed by atoms with Gasteiger partial charge in [0.25, 0.3) is 11.6 Å². The molecule has 130 valence electrons. The number of hydrogen-bond acceptors (Lipinski definition) is 5. The second kappa shape index (κ2) is 6.29. The molecule has 5 rings (SSSR count). The number of amides is 1. The Morgan fingerprint density at radius 1 is 1.28 bits per heavy atom. The minimum absolute atomic E-state index is 0.0463. The number of nitrogens with zero attached hydrogens (tertiary/aromatic N) is 4. The van der Waals surface area contributed by atoms with Crippen molar-refractivity contribution < 1.29 is 9.72 Å². The van der Waals surface area contributed by atoms with E-state index in [1.807, 2.05) is 0 Å². The van der Waals surface area contributed by atoms with Crippen LogP contribution in [0.4, 0.5) is 5.69 Å². The molecule has 8 heteroatoms. The number of benzene rings is 1. The summed E-state index contributed by atoms with van der Waals surface area (Å²) in [7, 11) is 0. The molecule has 8 nitrogen and oxygen atoms in total. The largest absolute Gasteiger partial charge is 0.348 e. The second-order valence-electron chi connectivity index (χ2n) is 6.64. The summed E-state index contributed by atoms with van der Waals surface area (Å²) >= 11 is 0. The lowest BCUT2D eigenvalue weighted by molar-refractivity contribution is -0.384. The van der Waals surface area contributed by atoms with E-state index in [0.717, 1.165) is 32.5 Å².